The highest BCUT2D eigenvalue weighted by atomic mass is 79.9. The van der Waals surface area contributed by atoms with Crippen molar-refractivity contribution in [3.8, 4) is 0 Å². The minimum absolute atomic E-state index is 0.165. The van der Waals surface area contributed by atoms with E-state index in [2.05, 4.69) is 22.0 Å². The summed E-state index contributed by atoms with van der Waals surface area (Å²) in [5.74, 6) is -0.888. The van der Waals surface area contributed by atoms with E-state index in [1.54, 1.807) is 24.3 Å². The molecule has 0 bridgehead atoms. The SMILES string of the molecule is Cc1cc(C)c(C)c(S(=O)(=O)N(CCC2=CCCCC2)C2CC(=O)N(c3ccc(Br)cc3)C2=O)c1C. The van der Waals surface area contributed by atoms with E-state index in [4.69, 9.17) is 0 Å². The molecule has 1 aliphatic carbocycles. The summed E-state index contributed by atoms with van der Waals surface area (Å²) in [4.78, 5) is 28.1. The fraction of sp³-hybridized carbons (Fsp3) is 0.429. The predicted octanol–water partition coefficient (Wildman–Crippen LogP) is 5.90. The Kier molecular flexibility index (Phi) is 7.88. The highest BCUT2D eigenvalue weighted by Gasteiger charge is 2.47. The maximum absolute atomic E-state index is 14.3. The number of carbonyl (C=O) groups excluding carboxylic acids is 2. The summed E-state index contributed by atoms with van der Waals surface area (Å²) in [6.07, 6.45) is 6.75. The number of anilines is 1. The van der Waals surface area contributed by atoms with Crippen LogP contribution in [0.5, 0.6) is 0 Å². The summed E-state index contributed by atoms with van der Waals surface area (Å²) >= 11 is 3.37. The molecule has 2 aromatic carbocycles. The zero-order valence-corrected chi connectivity index (χ0v) is 23.7. The Hall–Kier alpha value is -2.29. The van der Waals surface area contributed by atoms with Crippen molar-refractivity contribution in [2.24, 2.45) is 0 Å². The van der Waals surface area contributed by atoms with Crippen molar-refractivity contribution in [1.82, 2.24) is 4.31 Å². The van der Waals surface area contributed by atoms with Crippen LogP contribution in [0.2, 0.25) is 0 Å². The van der Waals surface area contributed by atoms with E-state index >= 15 is 0 Å². The van der Waals surface area contributed by atoms with Gasteiger partial charge in [0.25, 0.3) is 5.91 Å². The van der Waals surface area contributed by atoms with Gasteiger partial charge in [0, 0.05) is 11.0 Å². The molecule has 8 heteroatoms. The van der Waals surface area contributed by atoms with Gasteiger partial charge in [-0.3, -0.25) is 9.59 Å². The molecule has 1 fully saturated rings. The summed E-state index contributed by atoms with van der Waals surface area (Å²) < 4.78 is 30.7. The third-order valence-electron chi connectivity index (χ3n) is 7.46. The molecule has 2 aliphatic rings. The molecular weight excluding hydrogens is 540 g/mol. The first-order valence-electron chi connectivity index (χ1n) is 12.4. The van der Waals surface area contributed by atoms with Crippen LogP contribution in [-0.4, -0.2) is 37.1 Å². The molecule has 6 nitrogen and oxygen atoms in total. The number of halogens is 1. The summed E-state index contributed by atoms with van der Waals surface area (Å²) in [6.45, 7) is 7.59. The van der Waals surface area contributed by atoms with Gasteiger partial charge in [-0.25, -0.2) is 13.3 Å². The van der Waals surface area contributed by atoms with Gasteiger partial charge in [0.2, 0.25) is 15.9 Å². The quantitative estimate of drug-likeness (QED) is 0.306. The van der Waals surface area contributed by atoms with Crippen molar-refractivity contribution >= 4 is 43.5 Å². The largest absolute Gasteiger partial charge is 0.274 e. The number of allylic oxidation sites excluding steroid dienone is 1. The van der Waals surface area contributed by atoms with Crippen molar-refractivity contribution in [3.63, 3.8) is 0 Å². The van der Waals surface area contributed by atoms with Crippen molar-refractivity contribution in [3.05, 3.63) is 68.7 Å². The van der Waals surface area contributed by atoms with Crippen LogP contribution >= 0.6 is 15.9 Å². The number of benzene rings is 2. The maximum atomic E-state index is 14.3. The molecular formula is C28H33BrN2O4S. The number of aryl methyl sites for hydroxylation is 2. The van der Waals surface area contributed by atoms with Crippen LogP contribution in [0.15, 0.2) is 51.3 Å². The van der Waals surface area contributed by atoms with Gasteiger partial charge in [-0.15, -0.1) is 0 Å². The van der Waals surface area contributed by atoms with Crippen molar-refractivity contribution in [1.29, 1.82) is 0 Å². The molecule has 1 heterocycles. The number of hydrogen-bond donors (Lipinski definition) is 0. The fourth-order valence-corrected chi connectivity index (χ4v) is 7.64. The number of sulfonamides is 1. The van der Waals surface area contributed by atoms with E-state index in [9.17, 15) is 18.0 Å². The second-order valence-electron chi connectivity index (χ2n) is 9.83. The highest BCUT2D eigenvalue weighted by molar-refractivity contribution is 9.10. The van der Waals surface area contributed by atoms with Crippen LogP contribution in [0.1, 0.15) is 60.8 Å². The lowest BCUT2D eigenvalue weighted by Crippen LogP contribution is -2.46. The molecule has 0 N–H and O–H groups in total. The number of imide groups is 1. The van der Waals surface area contributed by atoms with Crippen LogP contribution in [0.3, 0.4) is 0 Å². The van der Waals surface area contributed by atoms with Crippen molar-refractivity contribution < 1.29 is 18.0 Å². The van der Waals surface area contributed by atoms with E-state index in [0.717, 1.165) is 46.2 Å². The van der Waals surface area contributed by atoms with Gasteiger partial charge < -0.3 is 0 Å². The van der Waals surface area contributed by atoms with Crippen molar-refractivity contribution in [2.45, 2.75) is 77.2 Å². The highest BCUT2D eigenvalue weighted by Crippen LogP contribution is 2.34. The van der Waals surface area contributed by atoms with Crippen molar-refractivity contribution in [2.75, 3.05) is 11.4 Å². The third kappa shape index (κ3) is 5.08. The predicted molar refractivity (Wildman–Crippen MR) is 145 cm³/mol. The first-order chi connectivity index (χ1) is 17.0. The van der Waals surface area contributed by atoms with Gasteiger partial charge >= 0.3 is 0 Å². The molecule has 192 valence electrons. The summed E-state index contributed by atoms with van der Waals surface area (Å²) in [5.41, 5.74) is 4.80. The summed E-state index contributed by atoms with van der Waals surface area (Å²) in [7, 11) is -4.06. The molecule has 1 unspecified atom stereocenters. The lowest BCUT2D eigenvalue weighted by atomic mass is 9.97. The Bertz CT molecular complexity index is 1310. The maximum Gasteiger partial charge on any atom is 0.252 e. The van der Waals surface area contributed by atoms with Crippen LogP contribution in [0.4, 0.5) is 5.69 Å². The molecule has 0 saturated carbocycles. The number of nitrogens with zero attached hydrogens (tertiary/aromatic N) is 2. The van der Waals surface area contributed by atoms with Crippen LogP contribution in [0.25, 0.3) is 0 Å². The lowest BCUT2D eigenvalue weighted by Gasteiger charge is -2.29. The van der Waals surface area contributed by atoms with Crippen LogP contribution in [0, 0.1) is 27.7 Å². The Morgan fingerprint density at radius 2 is 1.64 bits per heavy atom. The zero-order chi connectivity index (χ0) is 26.2. The van der Waals surface area contributed by atoms with Crippen LogP contribution in [-0.2, 0) is 19.6 Å². The molecule has 2 amide bonds. The summed E-state index contributed by atoms with van der Waals surface area (Å²) in [6, 6.07) is 7.80. The molecule has 0 spiro atoms. The smallest absolute Gasteiger partial charge is 0.252 e. The Labute approximate surface area is 222 Å². The monoisotopic (exact) mass is 572 g/mol. The van der Waals surface area contributed by atoms with Gasteiger partial charge in [-0.05, 0) is 106 Å². The molecule has 2 aromatic rings. The molecule has 1 atom stereocenters. The first-order valence-corrected chi connectivity index (χ1v) is 14.6. The second kappa shape index (κ2) is 10.6. The van der Waals surface area contributed by atoms with Gasteiger partial charge in [0.1, 0.15) is 6.04 Å². The number of hydrogen-bond acceptors (Lipinski definition) is 4. The Balaban J connectivity index is 1.77. The second-order valence-corrected chi connectivity index (χ2v) is 12.6. The Morgan fingerprint density at radius 3 is 2.22 bits per heavy atom. The third-order valence-corrected chi connectivity index (χ3v) is 10.2. The number of carbonyl (C=O) groups is 2. The summed E-state index contributed by atoms with van der Waals surface area (Å²) in [5, 5.41) is 0. The van der Waals surface area contributed by atoms with Gasteiger partial charge in [0.15, 0.2) is 0 Å². The normalized spacial score (nSPS) is 18.8. The van der Waals surface area contributed by atoms with Gasteiger partial charge in [-0.2, -0.15) is 4.31 Å². The fourth-order valence-electron chi connectivity index (χ4n) is 5.22. The van der Waals surface area contributed by atoms with Crippen LogP contribution < -0.4 is 4.90 Å². The molecule has 0 radical (unpaired) electrons. The minimum Gasteiger partial charge on any atom is -0.274 e. The average molecular weight is 574 g/mol. The van der Waals surface area contributed by atoms with E-state index < -0.39 is 27.9 Å². The zero-order valence-electron chi connectivity index (χ0n) is 21.3. The lowest BCUT2D eigenvalue weighted by molar-refractivity contribution is -0.122. The molecule has 1 aliphatic heterocycles. The van der Waals surface area contributed by atoms with E-state index in [-0.39, 0.29) is 17.9 Å². The topological polar surface area (TPSA) is 74.8 Å². The van der Waals surface area contributed by atoms with Gasteiger partial charge in [0.05, 0.1) is 17.0 Å². The molecule has 4 rings (SSSR count). The first kappa shape index (κ1) is 26.8. The average Bonchev–Trinajstić information content (AvgIpc) is 3.12. The Morgan fingerprint density at radius 1 is 1.00 bits per heavy atom. The van der Waals surface area contributed by atoms with E-state index in [1.165, 1.54) is 9.88 Å². The van der Waals surface area contributed by atoms with E-state index in [0.29, 0.717) is 23.2 Å². The molecule has 1 saturated heterocycles. The number of amides is 2. The van der Waals surface area contributed by atoms with Gasteiger partial charge in [-0.1, -0.05) is 33.6 Å². The number of rotatable bonds is 7. The molecule has 36 heavy (non-hydrogen) atoms. The molecule has 0 aromatic heterocycles. The standard InChI is InChI=1S/C28H33BrN2O4S/c1-18-16-19(2)21(4)27(20(18)3)36(34,35)30(15-14-22-8-6-5-7-9-22)25-17-26(32)31(28(25)33)24-12-10-23(29)11-13-24/h8,10-13,16,25H,5-7,9,14-15,17H2,1-4H3. The van der Waals surface area contributed by atoms with E-state index in [1.807, 2.05) is 33.8 Å². The minimum atomic E-state index is -4.06.